The van der Waals surface area contributed by atoms with E-state index in [0.717, 1.165) is 22.8 Å². The van der Waals surface area contributed by atoms with Gasteiger partial charge in [0, 0.05) is 12.5 Å². The molecule has 21 heavy (non-hydrogen) atoms. The molecule has 0 amide bonds. The maximum absolute atomic E-state index is 13.6. The van der Waals surface area contributed by atoms with Crippen molar-refractivity contribution < 1.29 is 13.9 Å². The van der Waals surface area contributed by atoms with Gasteiger partial charge in [0.1, 0.15) is 11.6 Å². The van der Waals surface area contributed by atoms with Crippen LogP contribution in [-0.4, -0.2) is 11.2 Å². The largest absolute Gasteiger partial charge is 0.392 e. The minimum absolute atomic E-state index is 0.179. The van der Waals surface area contributed by atoms with Crippen molar-refractivity contribution in [2.24, 2.45) is 0 Å². The molecule has 2 aromatic rings. The van der Waals surface area contributed by atoms with E-state index in [0.29, 0.717) is 12.0 Å². The summed E-state index contributed by atoms with van der Waals surface area (Å²) in [6.07, 6.45) is -0.0433. The Bertz CT molecular complexity index is 627. The quantitative estimate of drug-likeness (QED) is 0.901. The molecule has 112 valence electrons. The molecule has 0 aliphatic rings. The predicted octanol–water partition coefficient (Wildman–Crippen LogP) is 4.04. The van der Waals surface area contributed by atoms with Gasteiger partial charge in [0.25, 0.3) is 0 Å². The summed E-state index contributed by atoms with van der Waals surface area (Å²) < 4.78 is 26.5. The van der Waals surface area contributed by atoms with Gasteiger partial charge in [0.15, 0.2) is 0 Å². The summed E-state index contributed by atoms with van der Waals surface area (Å²) in [5.74, 6) is -1.21. The van der Waals surface area contributed by atoms with Crippen LogP contribution in [0.1, 0.15) is 27.8 Å². The Labute approximate surface area is 124 Å². The van der Waals surface area contributed by atoms with Gasteiger partial charge >= 0.3 is 0 Å². The smallest absolute Gasteiger partial charge is 0.129 e. The van der Waals surface area contributed by atoms with Crippen LogP contribution in [0, 0.1) is 32.4 Å². The molecular weight excluding hydrogens is 270 g/mol. The first kappa shape index (κ1) is 15.6. The maximum atomic E-state index is 13.6. The van der Waals surface area contributed by atoms with Gasteiger partial charge in [0.05, 0.1) is 6.10 Å². The van der Waals surface area contributed by atoms with Gasteiger partial charge in [-0.25, -0.2) is 8.78 Å². The van der Waals surface area contributed by atoms with Crippen molar-refractivity contribution in [3.05, 3.63) is 69.8 Å². The Morgan fingerprint density at radius 1 is 0.952 bits per heavy atom. The molecule has 0 aromatic heterocycles. The SMILES string of the molecule is Cc1cc(C)c(CC(O)Cc2ccc(F)cc2F)c(C)c1. The van der Waals surface area contributed by atoms with Crippen LogP contribution in [0.25, 0.3) is 0 Å². The van der Waals surface area contributed by atoms with Crippen LogP contribution >= 0.6 is 0 Å². The molecule has 0 saturated carbocycles. The van der Waals surface area contributed by atoms with Crippen molar-refractivity contribution in [2.45, 2.75) is 39.7 Å². The molecule has 0 aliphatic carbocycles. The first-order valence-electron chi connectivity index (χ1n) is 7.05. The monoisotopic (exact) mass is 290 g/mol. The highest BCUT2D eigenvalue weighted by molar-refractivity contribution is 5.38. The predicted molar refractivity (Wildman–Crippen MR) is 80.4 cm³/mol. The molecule has 1 nitrogen and oxygen atoms in total. The summed E-state index contributed by atoms with van der Waals surface area (Å²) in [5, 5.41) is 10.2. The molecule has 1 N–H and O–H groups in total. The van der Waals surface area contributed by atoms with Crippen LogP contribution in [0.2, 0.25) is 0 Å². The summed E-state index contributed by atoms with van der Waals surface area (Å²) in [6.45, 7) is 6.06. The van der Waals surface area contributed by atoms with E-state index in [-0.39, 0.29) is 6.42 Å². The lowest BCUT2D eigenvalue weighted by molar-refractivity contribution is 0.173. The van der Waals surface area contributed by atoms with Crippen molar-refractivity contribution in [1.82, 2.24) is 0 Å². The van der Waals surface area contributed by atoms with Gasteiger partial charge in [-0.05, 0) is 55.5 Å². The normalized spacial score (nSPS) is 12.5. The second-order valence-corrected chi connectivity index (χ2v) is 5.68. The second-order valence-electron chi connectivity index (χ2n) is 5.68. The van der Waals surface area contributed by atoms with E-state index in [2.05, 4.69) is 12.1 Å². The van der Waals surface area contributed by atoms with Crippen molar-refractivity contribution in [3.63, 3.8) is 0 Å². The van der Waals surface area contributed by atoms with E-state index >= 15 is 0 Å². The summed E-state index contributed by atoms with van der Waals surface area (Å²) in [4.78, 5) is 0. The summed E-state index contributed by atoms with van der Waals surface area (Å²) in [7, 11) is 0. The first-order chi connectivity index (χ1) is 9.86. The summed E-state index contributed by atoms with van der Waals surface area (Å²) in [6, 6.07) is 7.61. The fourth-order valence-electron chi connectivity index (χ4n) is 2.78. The topological polar surface area (TPSA) is 20.2 Å². The van der Waals surface area contributed by atoms with E-state index in [1.54, 1.807) is 0 Å². The van der Waals surface area contributed by atoms with E-state index < -0.39 is 17.7 Å². The highest BCUT2D eigenvalue weighted by Gasteiger charge is 2.14. The zero-order valence-electron chi connectivity index (χ0n) is 12.6. The van der Waals surface area contributed by atoms with Crippen molar-refractivity contribution in [2.75, 3.05) is 0 Å². The number of aliphatic hydroxyl groups is 1. The Hall–Kier alpha value is -1.74. The molecule has 0 saturated heterocycles. The molecule has 1 unspecified atom stereocenters. The van der Waals surface area contributed by atoms with Gasteiger partial charge in [0.2, 0.25) is 0 Å². The third-order valence-corrected chi connectivity index (χ3v) is 3.75. The molecule has 0 fully saturated rings. The Morgan fingerprint density at radius 3 is 2.14 bits per heavy atom. The van der Waals surface area contributed by atoms with Crippen LogP contribution in [-0.2, 0) is 12.8 Å². The third kappa shape index (κ3) is 3.88. The van der Waals surface area contributed by atoms with Gasteiger partial charge in [-0.2, -0.15) is 0 Å². The maximum Gasteiger partial charge on any atom is 0.129 e. The number of aryl methyl sites for hydroxylation is 3. The number of hydrogen-bond donors (Lipinski definition) is 1. The molecule has 0 radical (unpaired) electrons. The number of rotatable bonds is 4. The molecule has 1 atom stereocenters. The highest BCUT2D eigenvalue weighted by Crippen LogP contribution is 2.20. The average Bonchev–Trinajstić information content (AvgIpc) is 2.37. The first-order valence-corrected chi connectivity index (χ1v) is 7.05. The van der Waals surface area contributed by atoms with E-state index in [9.17, 15) is 13.9 Å². The molecule has 2 rings (SSSR count). The van der Waals surface area contributed by atoms with Gasteiger partial charge in [-0.3, -0.25) is 0 Å². The lowest BCUT2D eigenvalue weighted by atomic mass is 9.93. The van der Waals surface area contributed by atoms with Gasteiger partial charge in [-0.1, -0.05) is 23.8 Å². The van der Waals surface area contributed by atoms with E-state index in [1.165, 1.54) is 17.7 Å². The zero-order chi connectivity index (χ0) is 15.6. The highest BCUT2D eigenvalue weighted by atomic mass is 19.1. The standard InChI is InChI=1S/C18H20F2O/c1-11-6-12(2)17(13(3)7-11)10-16(21)8-14-4-5-15(19)9-18(14)20/h4-7,9,16,21H,8,10H2,1-3H3. The number of aliphatic hydroxyl groups excluding tert-OH is 1. The number of halogens is 2. The van der Waals surface area contributed by atoms with Crippen LogP contribution in [0.3, 0.4) is 0 Å². The molecule has 0 aliphatic heterocycles. The Balaban J connectivity index is 2.13. The van der Waals surface area contributed by atoms with Gasteiger partial charge < -0.3 is 5.11 Å². The van der Waals surface area contributed by atoms with Crippen molar-refractivity contribution >= 4 is 0 Å². The molecule has 3 heteroatoms. The molecule has 0 heterocycles. The average molecular weight is 290 g/mol. The molecule has 0 spiro atoms. The summed E-state index contributed by atoms with van der Waals surface area (Å²) in [5.41, 5.74) is 4.88. The lowest BCUT2D eigenvalue weighted by Gasteiger charge is -2.16. The van der Waals surface area contributed by atoms with Crippen molar-refractivity contribution in [3.8, 4) is 0 Å². The van der Waals surface area contributed by atoms with Crippen LogP contribution in [0.15, 0.2) is 30.3 Å². The van der Waals surface area contributed by atoms with Crippen molar-refractivity contribution in [1.29, 1.82) is 0 Å². The van der Waals surface area contributed by atoms with E-state index in [1.807, 2.05) is 20.8 Å². The molecule has 2 aromatic carbocycles. The van der Waals surface area contributed by atoms with Crippen LogP contribution in [0.5, 0.6) is 0 Å². The number of benzene rings is 2. The molecular formula is C18H20F2O. The minimum atomic E-state index is -0.690. The Kier molecular flexibility index (Phi) is 4.73. The zero-order valence-corrected chi connectivity index (χ0v) is 12.6. The Morgan fingerprint density at radius 2 is 1.57 bits per heavy atom. The summed E-state index contributed by atoms with van der Waals surface area (Å²) >= 11 is 0. The van der Waals surface area contributed by atoms with Gasteiger partial charge in [-0.15, -0.1) is 0 Å². The lowest BCUT2D eigenvalue weighted by Crippen LogP contribution is -2.16. The minimum Gasteiger partial charge on any atom is -0.392 e. The third-order valence-electron chi connectivity index (χ3n) is 3.75. The fourth-order valence-corrected chi connectivity index (χ4v) is 2.78. The second kappa shape index (κ2) is 6.35. The van der Waals surface area contributed by atoms with E-state index in [4.69, 9.17) is 0 Å². The number of hydrogen-bond acceptors (Lipinski definition) is 1. The molecule has 0 bridgehead atoms. The van der Waals surface area contributed by atoms with Crippen LogP contribution < -0.4 is 0 Å². The fraction of sp³-hybridized carbons (Fsp3) is 0.333. The van der Waals surface area contributed by atoms with Crippen LogP contribution in [0.4, 0.5) is 8.78 Å².